The van der Waals surface area contributed by atoms with E-state index < -0.39 is 0 Å². The minimum absolute atomic E-state index is 0.179. The molecule has 6 heteroatoms. The Bertz CT molecular complexity index is 801. The summed E-state index contributed by atoms with van der Waals surface area (Å²) in [4.78, 5) is 12.4. The molecule has 0 atom stereocenters. The molecule has 100 valence electrons. The zero-order valence-electron chi connectivity index (χ0n) is 10.7. The highest BCUT2D eigenvalue weighted by molar-refractivity contribution is 7.71. The van der Waals surface area contributed by atoms with Crippen LogP contribution in [0.15, 0.2) is 47.1 Å². The van der Waals surface area contributed by atoms with Crippen LogP contribution in [-0.2, 0) is 0 Å². The summed E-state index contributed by atoms with van der Waals surface area (Å²) in [6.45, 7) is 1.84. The van der Waals surface area contributed by atoms with Gasteiger partial charge in [0, 0.05) is 6.07 Å². The van der Waals surface area contributed by atoms with Crippen LogP contribution in [0.3, 0.4) is 0 Å². The third-order valence-electron chi connectivity index (χ3n) is 3.04. The summed E-state index contributed by atoms with van der Waals surface area (Å²) in [6.07, 6.45) is 1.43. The van der Waals surface area contributed by atoms with Gasteiger partial charge in [0.15, 0.2) is 0 Å². The highest BCUT2D eigenvalue weighted by Gasteiger charge is 2.21. The largest absolute Gasteiger partial charge is 0.353 e. The fourth-order valence-corrected chi connectivity index (χ4v) is 2.41. The number of ketones is 1. The van der Waals surface area contributed by atoms with Crippen molar-refractivity contribution in [2.24, 2.45) is 0 Å². The van der Waals surface area contributed by atoms with Gasteiger partial charge < -0.3 is 4.52 Å². The van der Waals surface area contributed by atoms with Gasteiger partial charge in [-0.15, -0.1) is 0 Å². The Morgan fingerprint density at radius 3 is 2.70 bits per heavy atom. The molecule has 0 spiro atoms. The van der Waals surface area contributed by atoms with Gasteiger partial charge in [-0.05, 0) is 19.1 Å². The lowest BCUT2D eigenvalue weighted by Crippen LogP contribution is -2.04. The first-order chi connectivity index (χ1) is 9.68. The second kappa shape index (κ2) is 4.90. The molecule has 0 aliphatic carbocycles. The maximum atomic E-state index is 12.4. The van der Waals surface area contributed by atoms with Crippen molar-refractivity contribution in [2.75, 3.05) is 0 Å². The molecule has 0 saturated carbocycles. The Hall–Kier alpha value is -2.47. The second-order valence-corrected chi connectivity index (χ2v) is 4.69. The van der Waals surface area contributed by atoms with Crippen molar-refractivity contribution in [3.05, 3.63) is 64.3 Å². The molecule has 5 nitrogen and oxygen atoms in total. The van der Waals surface area contributed by atoms with E-state index in [2.05, 4.69) is 10.3 Å². The van der Waals surface area contributed by atoms with Gasteiger partial charge in [-0.25, -0.2) is 0 Å². The predicted molar refractivity (Wildman–Crippen MR) is 75.6 cm³/mol. The van der Waals surface area contributed by atoms with Gasteiger partial charge in [-0.2, -0.15) is 0 Å². The Labute approximate surface area is 119 Å². The smallest absolute Gasteiger partial charge is 0.235 e. The van der Waals surface area contributed by atoms with Crippen LogP contribution in [0.4, 0.5) is 0 Å². The van der Waals surface area contributed by atoms with E-state index in [-0.39, 0.29) is 11.5 Å². The van der Waals surface area contributed by atoms with Crippen molar-refractivity contribution in [3.8, 4) is 5.69 Å². The lowest BCUT2D eigenvalue weighted by Gasteiger charge is -2.05. The minimum Gasteiger partial charge on any atom is -0.353 e. The molecule has 0 saturated heterocycles. The molecular formula is C14H11N3O2S. The number of benzene rings is 1. The number of aromatic nitrogens is 3. The summed E-state index contributed by atoms with van der Waals surface area (Å²) in [5, 5.41) is 6.57. The number of hydrogen-bond acceptors (Lipinski definition) is 4. The molecule has 0 aliphatic heterocycles. The van der Waals surface area contributed by atoms with Crippen molar-refractivity contribution >= 4 is 18.0 Å². The fraction of sp³-hybridized carbons (Fsp3) is 0.0714. The predicted octanol–water partition coefficient (Wildman–Crippen LogP) is 3.06. The van der Waals surface area contributed by atoms with Crippen LogP contribution in [0.1, 0.15) is 21.8 Å². The monoisotopic (exact) mass is 285 g/mol. The fourth-order valence-electron chi connectivity index (χ4n) is 2.08. The van der Waals surface area contributed by atoms with E-state index >= 15 is 0 Å². The molecule has 0 bridgehead atoms. The Kier molecular flexibility index (Phi) is 3.08. The summed E-state index contributed by atoms with van der Waals surface area (Å²) in [7, 11) is 0. The first-order valence-corrected chi connectivity index (χ1v) is 6.41. The molecule has 0 fully saturated rings. The van der Waals surface area contributed by atoms with E-state index in [1.165, 1.54) is 12.3 Å². The Balaban J connectivity index is 2.13. The van der Waals surface area contributed by atoms with Crippen LogP contribution < -0.4 is 0 Å². The maximum absolute atomic E-state index is 12.4. The van der Waals surface area contributed by atoms with Gasteiger partial charge in [-0.1, -0.05) is 35.6 Å². The van der Waals surface area contributed by atoms with Gasteiger partial charge in [0.2, 0.25) is 11.5 Å². The van der Waals surface area contributed by atoms with Crippen LogP contribution in [0.5, 0.6) is 0 Å². The number of H-pyrrole nitrogens is 1. The van der Waals surface area contributed by atoms with E-state index in [1.54, 1.807) is 4.68 Å². The van der Waals surface area contributed by atoms with Gasteiger partial charge in [-0.3, -0.25) is 14.6 Å². The molecule has 0 unspecified atom stereocenters. The van der Waals surface area contributed by atoms with Crippen LogP contribution in [0, 0.1) is 11.6 Å². The van der Waals surface area contributed by atoms with Crippen LogP contribution in [0.25, 0.3) is 5.69 Å². The van der Waals surface area contributed by atoms with E-state index in [0.717, 1.165) is 11.4 Å². The highest BCUT2D eigenvalue weighted by atomic mass is 32.1. The second-order valence-electron chi connectivity index (χ2n) is 4.28. The highest BCUT2D eigenvalue weighted by Crippen LogP contribution is 2.18. The lowest BCUT2D eigenvalue weighted by molar-refractivity contribution is 0.0999. The van der Waals surface area contributed by atoms with E-state index in [4.69, 9.17) is 16.7 Å². The molecule has 2 aromatic heterocycles. The zero-order chi connectivity index (χ0) is 14.1. The standard InChI is InChI=1S/C14H11N3O2S/c1-9-12(13(18)11-7-8-15-19-11)14(20)16-17(9)10-5-3-2-4-6-10/h2-8H,1H3,(H,16,20). The van der Waals surface area contributed by atoms with E-state index in [0.29, 0.717) is 10.2 Å². The number of carbonyl (C=O) groups is 1. The van der Waals surface area contributed by atoms with Crippen LogP contribution >= 0.6 is 12.2 Å². The quantitative estimate of drug-likeness (QED) is 0.593. The summed E-state index contributed by atoms with van der Waals surface area (Å²) in [5.41, 5.74) is 2.08. The molecule has 1 aromatic carbocycles. The number of rotatable bonds is 3. The van der Waals surface area contributed by atoms with Crippen LogP contribution in [-0.4, -0.2) is 20.7 Å². The molecule has 1 N–H and O–H groups in total. The number of para-hydroxylation sites is 1. The molecule has 3 rings (SSSR count). The summed E-state index contributed by atoms with van der Waals surface area (Å²) in [6, 6.07) is 11.2. The minimum atomic E-state index is -0.268. The van der Waals surface area contributed by atoms with Crippen molar-refractivity contribution < 1.29 is 9.32 Å². The first kappa shape index (κ1) is 12.6. The van der Waals surface area contributed by atoms with Gasteiger partial charge in [0.1, 0.15) is 4.64 Å². The van der Waals surface area contributed by atoms with Gasteiger partial charge >= 0.3 is 0 Å². The number of nitrogens with one attached hydrogen (secondary N) is 1. The first-order valence-electron chi connectivity index (χ1n) is 6.01. The lowest BCUT2D eigenvalue weighted by atomic mass is 10.1. The average molecular weight is 285 g/mol. The van der Waals surface area contributed by atoms with Crippen molar-refractivity contribution in [1.29, 1.82) is 0 Å². The molecule has 0 amide bonds. The van der Waals surface area contributed by atoms with E-state index in [9.17, 15) is 4.79 Å². The average Bonchev–Trinajstić information content (AvgIpc) is 3.08. The third kappa shape index (κ3) is 2.00. The molecule has 3 aromatic rings. The summed E-state index contributed by atoms with van der Waals surface area (Å²) < 4.78 is 7.07. The summed E-state index contributed by atoms with van der Waals surface area (Å²) >= 11 is 5.25. The third-order valence-corrected chi connectivity index (χ3v) is 3.34. The number of aromatic amines is 1. The van der Waals surface area contributed by atoms with Gasteiger partial charge in [0.05, 0.1) is 23.1 Å². The number of hydrogen-bond donors (Lipinski definition) is 1. The summed E-state index contributed by atoms with van der Waals surface area (Å²) in [5.74, 6) is -0.0886. The van der Waals surface area contributed by atoms with Crippen molar-refractivity contribution in [2.45, 2.75) is 6.92 Å². The Morgan fingerprint density at radius 1 is 1.30 bits per heavy atom. The van der Waals surface area contributed by atoms with E-state index in [1.807, 2.05) is 37.3 Å². The maximum Gasteiger partial charge on any atom is 0.235 e. The zero-order valence-corrected chi connectivity index (χ0v) is 11.5. The molecular weight excluding hydrogens is 274 g/mol. The topological polar surface area (TPSA) is 63.8 Å². The SMILES string of the molecule is Cc1c(C(=O)c2ccno2)c(=S)[nH]n1-c1ccccc1. The van der Waals surface area contributed by atoms with Crippen molar-refractivity contribution in [3.63, 3.8) is 0 Å². The number of carbonyl (C=O) groups excluding carboxylic acids is 1. The molecule has 2 heterocycles. The normalized spacial score (nSPS) is 10.7. The molecule has 20 heavy (non-hydrogen) atoms. The van der Waals surface area contributed by atoms with Gasteiger partial charge in [0.25, 0.3) is 0 Å². The molecule has 0 aliphatic rings. The number of nitrogens with zero attached hydrogens (tertiary/aromatic N) is 2. The van der Waals surface area contributed by atoms with Crippen LogP contribution in [0.2, 0.25) is 0 Å². The Morgan fingerprint density at radius 2 is 2.05 bits per heavy atom. The van der Waals surface area contributed by atoms with Crippen molar-refractivity contribution in [1.82, 2.24) is 14.9 Å². The molecule has 0 radical (unpaired) electrons.